The SMILES string of the molecule is CC(C)(C)OC(=O)N1CCC[C@H]1C=O.ClCCl.[C-]#[N+]c1cccc(Oc2nc(-c3cccnc3)ncc2N)c1.[C-]#[N+]c1cccc(Oc2nc(-c3cccnc3)ncc2NC[C@@H]2CCCN2)c1.[C-]#[N+]c1cccc(Oc2nc(-c3cccnc3)ncc2NC[C@@H]2CCCN2C(=O)OC(C)(C)C)c1. The third kappa shape index (κ3) is 23.8. The van der Waals surface area contributed by atoms with Crippen LogP contribution in [0.2, 0.25) is 0 Å². The van der Waals surface area contributed by atoms with Crippen molar-refractivity contribution in [3.8, 4) is 69.1 Å². The fourth-order valence-electron chi connectivity index (χ4n) is 10.2. The average Bonchev–Trinajstić information content (AvgIpc) is 1.00. The van der Waals surface area contributed by atoms with Crippen molar-refractivity contribution in [2.24, 2.45) is 0 Å². The zero-order chi connectivity index (χ0) is 72.9. The Bertz CT molecular complexity index is 4340. The molecule has 0 radical (unpaired) electrons. The van der Waals surface area contributed by atoms with Crippen molar-refractivity contribution in [3.05, 3.63) is 199 Å². The van der Waals surface area contributed by atoms with Crippen LogP contribution < -0.4 is 35.9 Å². The predicted octanol–water partition coefficient (Wildman–Crippen LogP) is 16.2. The maximum Gasteiger partial charge on any atom is 0.410 e. The van der Waals surface area contributed by atoms with Gasteiger partial charge in [0.1, 0.15) is 51.8 Å². The Morgan fingerprint density at radius 3 is 1.41 bits per heavy atom. The van der Waals surface area contributed by atoms with Crippen molar-refractivity contribution in [1.82, 2.24) is 60.0 Å². The molecule has 0 aliphatic carbocycles. The van der Waals surface area contributed by atoms with E-state index >= 15 is 0 Å². The van der Waals surface area contributed by atoms with E-state index in [0.717, 1.165) is 73.9 Å². The van der Waals surface area contributed by atoms with Crippen molar-refractivity contribution >= 4 is 75.8 Å². The number of carbonyl (C=O) groups excluding carboxylic acids is 3. The molecule has 3 atom stereocenters. The molecular weight excluding hydrogens is 1340 g/mol. The fourth-order valence-corrected chi connectivity index (χ4v) is 10.2. The highest BCUT2D eigenvalue weighted by Gasteiger charge is 2.34. The van der Waals surface area contributed by atoms with Crippen LogP contribution in [0, 0.1) is 19.7 Å². The summed E-state index contributed by atoms with van der Waals surface area (Å²) < 4.78 is 28.5. The third-order valence-corrected chi connectivity index (χ3v) is 14.8. The van der Waals surface area contributed by atoms with Gasteiger partial charge in [0.25, 0.3) is 0 Å². The minimum Gasteiger partial charge on any atom is -0.444 e. The summed E-state index contributed by atoms with van der Waals surface area (Å²) in [6.45, 7) is 36.1. The number of nitrogen functional groups attached to an aromatic ring is 1. The first-order valence-corrected chi connectivity index (χ1v) is 33.6. The van der Waals surface area contributed by atoms with Crippen LogP contribution in [-0.4, -0.2) is 141 Å². The molecule has 2 amide bonds. The summed E-state index contributed by atoms with van der Waals surface area (Å²) in [6.07, 6.45) is 20.9. The number of anilines is 3. The first-order valence-electron chi connectivity index (χ1n) is 32.6. The second kappa shape index (κ2) is 38.1. The van der Waals surface area contributed by atoms with Crippen LogP contribution in [-0.2, 0) is 14.3 Å². The van der Waals surface area contributed by atoms with Crippen molar-refractivity contribution in [3.63, 3.8) is 0 Å². The monoisotopic (exact) mass is 1420 g/mol. The zero-order valence-electron chi connectivity index (χ0n) is 57.2. The topological polar surface area (TPSA) is 295 Å². The minimum absolute atomic E-state index is 0.0267. The molecule has 102 heavy (non-hydrogen) atoms. The van der Waals surface area contributed by atoms with E-state index in [4.69, 9.17) is 72.3 Å². The number of likely N-dealkylation sites (tertiary alicyclic amines) is 2. The predicted molar refractivity (Wildman–Crippen MR) is 391 cm³/mol. The molecule has 12 rings (SSSR count). The van der Waals surface area contributed by atoms with Crippen LogP contribution in [0.15, 0.2) is 165 Å². The Balaban J connectivity index is 0.000000177. The van der Waals surface area contributed by atoms with Gasteiger partial charge in [0.2, 0.25) is 17.6 Å². The van der Waals surface area contributed by atoms with Gasteiger partial charge < -0.3 is 55.1 Å². The molecule has 526 valence electrons. The lowest BCUT2D eigenvalue weighted by Crippen LogP contribution is -2.42. The smallest absolute Gasteiger partial charge is 0.410 e. The first kappa shape index (κ1) is 76.1. The van der Waals surface area contributed by atoms with Gasteiger partial charge in [-0.1, -0.05) is 36.4 Å². The first-order chi connectivity index (χ1) is 49.2. The Morgan fingerprint density at radius 2 is 0.990 bits per heavy atom. The van der Waals surface area contributed by atoms with Gasteiger partial charge in [-0.25, -0.2) is 39.1 Å². The van der Waals surface area contributed by atoms with Crippen molar-refractivity contribution < 1.29 is 38.1 Å². The molecule has 3 saturated heterocycles. The molecule has 9 aromatic rings. The van der Waals surface area contributed by atoms with E-state index in [2.05, 4.69) is 75.3 Å². The molecule has 6 aromatic heterocycles. The molecule has 3 fully saturated rings. The number of aldehydes is 1. The second-order valence-corrected chi connectivity index (χ2v) is 25.6. The molecule has 9 heterocycles. The van der Waals surface area contributed by atoms with E-state index in [1.54, 1.807) is 127 Å². The second-order valence-electron chi connectivity index (χ2n) is 24.8. The maximum atomic E-state index is 12.6. The third-order valence-electron chi connectivity index (χ3n) is 14.8. The number of hydrogen-bond donors (Lipinski definition) is 4. The molecule has 26 nitrogen and oxygen atoms in total. The highest BCUT2D eigenvalue weighted by atomic mass is 35.5. The molecule has 3 aromatic carbocycles. The van der Waals surface area contributed by atoms with Crippen LogP contribution in [0.5, 0.6) is 34.9 Å². The number of nitrogens with one attached hydrogen (secondary N) is 3. The Morgan fingerprint density at radius 1 is 0.569 bits per heavy atom. The quantitative estimate of drug-likeness (QED) is 0.0397. The molecule has 5 N–H and O–H groups in total. The summed E-state index contributed by atoms with van der Waals surface area (Å²) in [4.78, 5) is 87.4. The van der Waals surface area contributed by atoms with Crippen LogP contribution in [0.3, 0.4) is 0 Å². The normalized spacial score (nSPS) is 15.0. The number of nitrogens with two attached hydrogens (primary N) is 1. The number of hydrogen-bond acceptors (Lipinski definition) is 21. The van der Waals surface area contributed by atoms with Crippen LogP contribution >= 0.6 is 23.2 Å². The van der Waals surface area contributed by atoms with Gasteiger partial charge in [-0.15, -0.1) is 23.2 Å². The Labute approximate surface area is 602 Å². The number of carbonyl (C=O) groups is 3. The molecular formula is C74H78Cl2N18O8. The maximum absolute atomic E-state index is 12.6. The van der Waals surface area contributed by atoms with E-state index in [-0.39, 0.29) is 35.5 Å². The van der Waals surface area contributed by atoms with Gasteiger partial charge in [-0.3, -0.25) is 19.9 Å². The number of halogens is 2. The lowest BCUT2D eigenvalue weighted by atomic mass is 10.2. The number of rotatable bonds is 16. The highest BCUT2D eigenvalue weighted by molar-refractivity contribution is 6.40. The van der Waals surface area contributed by atoms with Crippen molar-refractivity contribution in [2.45, 2.75) is 109 Å². The number of benzene rings is 3. The van der Waals surface area contributed by atoms with E-state index < -0.39 is 11.2 Å². The number of ether oxygens (including phenoxy) is 5. The summed E-state index contributed by atoms with van der Waals surface area (Å²) in [5.74, 6) is 4.02. The number of pyridine rings is 3. The molecule has 3 aliphatic heterocycles. The van der Waals surface area contributed by atoms with Crippen molar-refractivity contribution in [1.29, 1.82) is 0 Å². The van der Waals surface area contributed by atoms with E-state index in [0.29, 0.717) is 101 Å². The van der Waals surface area contributed by atoms with Gasteiger partial charge in [-0.05, 0) is 159 Å². The van der Waals surface area contributed by atoms with Gasteiger partial charge in [0.05, 0.1) is 55.7 Å². The summed E-state index contributed by atoms with van der Waals surface area (Å²) in [7, 11) is 0. The van der Waals surface area contributed by atoms with Crippen LogP contribution in [0.4, 0.5) is 43.7 Å². The zero-order valence-corrected chi connectivity index (χ0v) is 58.8. The average molecular weight is 1420 g/mol. The van der Waals surface area contributed by atoms with Gasteiger partial charge in [-0.2, -0.15) is 15.0 Å². The molecule has 3 aliphatic rings. The van der Waals surface area contributed by atoms with Crippen molar-refractivity contribution in [2.75, 3.05) is 54.4 Å². The molecule has 0 saturated carbocycles. The molecule has 0 unspecified atom stereocenters. The van der Waals surface area contributed by atoms with Crippen LogP contribution in [0.25, 0.3) is 48.7 Å². The number of amides is 2. The van der Waals surface area contributed by atoms with Gasteiger partial charge in [0, 0.05) is 86.1 Å². The lowest BCUT2D eigenvalue weighted by molar-refractivity contribution is -0.111. The molecule has 0 spiro atoms. The number of aromatic nitrogens is 9. The largest absolute Gasteiger partial charge is 0.444 e. The molecule has 0 bridgehead atoms. The van der Waals surface area contributed by atoms with E-state index in [9.17, 15) is 14.4 Å². The van der Waals surface area contributed by atoms with E-state index in [1.165, 1.54) is 17.5 Å². The Kier molecular flexibility index (Phi) is 28.4. The van der Waals surface area contributed by atoms with E-state index in [1.807, 2.05) is 77.9 Å². The summed E-state index contributed by atoms with van der Waals surface area (Å²) in [6, 6.07) is 31.9. The minimum atomic E-state index is -0.547. The summed E-state index contributed by atoms with van der Waals surface area (Å²) in [5, 5.41) is 10.4. The van der Waals surface area contributed by atoms with Gasteiger partial charge in [0.15, 0.2) is 34.5 Å². The summed E-state index contributed by atoms with van der Waals surface area (Å²) >= 11 is 9.53. The standard InChI is InChI=1S/C26H28N6O3.C21H20N6O.C16H11N5O.C10H17NO3.CH2Cl2/c1-26(2,3)35-25(33)32-13-7-10-20(32)16-29-22-17-30-23(18-8-6-12-28-15-18)31-24(22)34-21-11-5-9-19(14-21)27-4;1-22-16-6-2-8-18(11-16)28-21-19(25-13-17-7-4-10-24-17)14-26-20(27-21)15-5-3-9-23-12-15;1-18-12-5-2-6-13(8-12)22-16-14(17)10-20-15(21-16)11-4-3-7-19-9-11;1-10(2,3)14-9(13)11-6-4-5-8(11)7-12;2-1-3/h5-6,8-9,11-12,14-15,17,20,29H,7,10,13,16H2,1-3H3;2-3,5-6,8-9,11-12,14,17,24-25H,4,7,10,13H2;2-10H,17H2;7-8H,4-6H2,1-3H3;1H2/t20-;17-;;8-;/m00.0./s1. The van der Waals surface area contributed by atoms with Gasteiger partial charge >= 0.3 is 12.2 Å². The summed E-state index contributed by atoms with van der Waals surface area (Å²) in [5.41, 5.74) is 10.2. The van der Waals surface area contributed by atoms with Crippen LogP contribution in [0.1, 0.15) is 80.1 Å². The Hall–Kier alpha value is -11.6. The fraction of sp³-hybridized carbons (Fsp3) is 0.311. The highest BCUT2D eigenvalue weighted by Crippen LogP contribution is 2.35. The number of nitrogens with zero attached hydrogens (tertiary/aromatic N) is 14. The lowest BCUT2D eigenvalue weighted by Gasteiger charge is -2.29. The molecule has 28 heteroatoms. The number of alkyl halides is 2.